The Labute approximate surface area is 208 Å². The highest BCUT2D eigenvalue weighted by atomic mass is 19.4. The molecule has 2 aromatic rings. The summed E-state index contributed by atoms with van der Waals surface area (Å²) in [4.78, 5) is 12.2. The van der Waals surface area contributed by atoms with Crippen LogP contribution in [0.25, 0.3) is 0 Å². The molecule has 1 aromatic heterocycles. The fraction of sp³-hybridized carbons (Fsp3) is 0.600. The summed E-state index contributed by atoms with van der Waals surface area (Å²) in [6.07, 6.45) is -3.54. The lowest BCUT2D eigenvalue weighted by Gasteiger charge is -2.41. The Bertz CT molecular complexity index is 1020. The number of alkyl halides is 3. The average Bonchev–Trinajstić information content (AvgIpc) is 3.18. The van der Waals surface area contributed by atoms with Crippen molar-refractivity contribution in [3.8, 4) is 0 Å². The van der Waals surface area contributed by atoms with Gasteiger partial charge in [0.25, 0.3) is 0 Å². The molecule has 1 aromatic carbocycles. The van der Waals surface area contributed by atoms with E-state index in [1.807, 2.05) is 19.9 Å². The second-order valence-corrected chi connectivity index (χ2v) is 10.0. The van der Waals surface area contributed by atoms with Crippen LogP contribution >= 0.6 is 0 Å². The Balaban J connectivity index is 1.19. The lowest BCUT2D eigenvalue weighted by Crippen LogP contribution is -2.58. The van der Waals surface area contributed by atoms with Crippen LogP contribution in [0.5, 0.6) is 0 Å². The molecule has 4 atom stereocenters. The van der Waals surface area contributed by atoms with E-state index >= 15 is 0 Å². The largest absolute Gasteiger partial charge is 0.434 e. The molecular formula is C25H32F3N5O3. The van der Waals surface area contributed by atoms with Crippen LogP contribution in [0, 0.1) is 0 Å². The molecule has 0 saturated carbocycles. The molecule has 3 aliphatic heterocycles. The van der Waals surface area contributed by atoms with Crippen molar-refractivity contribution < 1.29 is 27.4 Å². The van der Waals surface area contributed by atoms with E-state index in [2.05, 4.69) is 49.4 Å². The molecule has 0 aliphatic carbocycles. The summed E-state index contributed by atoms with van der Waals surface area (Å²) in [5.74, 6) is -0.798. The summed E-state index contributed by atoms with van der Waals surface area (Å²) >= 11 is 0. The van der Waals surface area contributed by atoms with Crippen LogP contribution in [0.1, 0.15) is 25.1 Å². The van der Waals surface area contributed by atoms with Gasteiger partial charge in [-0.05, 0) is 19.4 Å². The number of nitrogens with one attached hydrogen (secondary N) is 1. The molecule has 3 fully saturated rings. The molecule has 3 saturated heterocycles. The highest BCUT2D eigenvalue weighted by Gasteiger charge is 2.52. The Morgan fingerprint density at radius 2 is 1.69 bits per heavy atom. The third-order valence-electron chi connectivity index (χ3n) is 6.83. The lowest BCUT2D eigenvalue weighted by molar-refractivity contribution is -0.156. The van der Waals surface area contributed by atoms with E-state index in [0.717, 1.165) is 32.7 Å². The van der Waals surface area contributed by atoms with Gasteiger partial charge in [0, 0.05) is 39.3 Å². The fourth-order valence-corrected chi connectivity index (χ4v) is 5.10. The zero-order chi connectivity index (χ0) is 25.3. The van der Waals surface area contributed by atoms with Gasteiger partial charge in [-0.25, -0.2) is 4.98 Å². The minimum absolute atomic E-state index is 0.0264. The van der Waals surface area contributed by atoms with Gasteiger partial charge in [-0.3, -0.25) is 14.8 Å². The second-order valence-electron chi connectivity index (χ2n) is 10.0. The van der Waals surface area contributed by atoms with Gasteiger partial charge >= 0.3 is 6.18 Å². The summed E-state index contributed by atoms with van der Waals surface area (Å²) in [6, 6.07) is 10.0. The molecule has 1 N–H and O–H groups in total. The molecule has 8 nitrogen and oxygen atoms in total. The number of benzene rings is 1. The average molecular weight is 508 g/mol. The Morgan fingerprint density at radius 1 is 1.00 bits per heavy atom. The first kappa shape index (κ1) is 25.3. The smallest absolute Gasteiger partial charge is 0.372 e. The van der Waals surface area contributed by atoms with Crippen LogP contribution in [0.3, 0.4) is 0 Å². The molecule has 0 unspecified atom stereocenters. The first-order valence-corrected chi connectivity index (χ1v) is 12.3. The molecule has 5 rings (SSSR count). The first-order chi connectivity index (χ1) is 17.2. The van der Waals surface area contributed by atoms with Gasteiger partial charge < -0.3 is 19.5 Å². The number of nitrogens with zero attached hydrogens (tertiary/aromatic N) is 4. The minimum Gasteiger partial charge on any atom is -0.372 e. The van der Waals surface area contributed by atoms with E-state index in [1.165, 1.54) is 11.8 Å². The number of piperazine rings is 1. The van der Waals surface area contributed by atoms with E-state index in [1.54, 1.807) is 0 Å². The highest BCUT2D eigenvalue weighted by molar-refractivity contribution is 5.35. The number of aromatic nitrogens is 2. The predicted octanol–water partition coefficient (Wildman–Crippen LogP) is 3.01. The lowest BCUT2D eigenvalue weighted by atomic mass is 9.97. The van der Waals surface area contributed by atoms with Crippen molar-refractivity contribution in [2.75, 3.05) is 44.6 Å². The number of hydrogen-bond donors (Lipinski definition) is 1. The molecule has 0 bridgehead atoms. The molecule has 196 valence electrons. The molecule has 0 spiro atoms. The number of fused-ring (bicyclic) bond motifs is 1. The second kappa shape index (κ2) is 10.2. The predicted molar refractivity (Wildman–Crippen MR) is 126 cm³/mol. The van der Waals surface area contributed by atoms with Crippen molar-refractivity contribution in [1.82, 2.24) is 19.8 Å². The fourth-order valence-electron chi connectivity index (χ4n) is 5.10. The number of ether oxygens (including phenoxy) is 3. The number of anilines is 1. The summed E-state index contributed by atoms with van der Waals surface area (Å²) in [5.41, 5.74) is 0.265. The summed E-state index contributed by atoms with van der Waals surface area (Å²) in [6.45, 7) is 9.38. The molecule has 3 aliphatic rings. The Hall–Kier alpha value is -2.31. The number of rotatable bonds is 6. The SMILES string of the molecule is CC1(C)O[C@@H]2[C@H](O1)[C@@H](Nc1cncc(C(F)(F)F)n1)CO[C@@H]2CN1CCN(Cc2ccccc2)CC1. The third kappa shape index (κ3) is 5.97. The summed E-state index contributed by atoms with van der Waals surface area (Å²) < 4.78 is 57.8. The van der Waals surface area contributed by atoms with E-state index in [0.29, 0.717) is 12.7 Å². The molecule has 0 amide bonds. The van der Waals surface area contributed by atoms with Gasteiger partial charge in [0.1, 0.15) is 18.0 Å². The van der Waals surface area contributed by atoms with Gasteiger partial charge in [-0.2, -0.15) is 13.2 Å². The van der Waals surface area contributed by atoms with Crippen LogP contribution in [0.15, 0.2) is 42.7 Å². The minimum atomic E-state index is -4.57. The van der Waals surface area contributed by atoms with Crippen molar-refractivity contribution in [3.05, 3.63) is 54.0 Å². The zero-order valence-corrected chi connectivity index (χ0v) is 20.4. The van der Waals surface area contributed by atoms with Crippen LogP contribution in [-0.4, -0.2) is 89.2 Å². The molecule has 11 heteroatoms. The van der Waals surface area contributed by atoms with E-state index in [-0.39, 0.29) is 24.6 Å². The quantitative estimate of drug-likeness (QED) is 0.640. The maximum Gasteiger partial charge on any atom is 0.434 e. The first-order valence-electron chi connectivity index (χ1n) is 12.3. The van der Waals surface area contributed by atoms with Gasteiger partial charge in [0.05, 0.1) is 31.1 Å². The monoisotopic (exact) mass is 507 g/mol. The Morgan fingerprint density at radius 3 is 2.42 bits per heavy atom. The van der Waals surface area contributed by atoms with Gasteiger partial charge in [0.15, 0.2) is 11.5 Å². The highest BCUT2D eigenvalue weighted by Crippen LogP contribution is 2.37. The standard InChI is InChI=1S/C25H32F3N5O3/c1-24(2)35-22-18(30-21-13-29-12-20(31-21)25(26,27)28)16-34-19(23(22)36-24)15-33-10-8-32(9-11-33)14-17-6-4-3-5-7-17/h3-7,12-13,18-19,22-23H,8-11,14-16H2,1-2H3,(H,30,31)/t18-,19+,22+,23-/m0/s1. The maximum atomic E-state index is 13.1. The Kier molecular flexibility index (Phi) is 7.19. The van der Waals surface area contributed by atoms with Crippen molar-refractivity contribution in [1.29, 1.82) is 0 Å². The number of hydrogen-bond acceptors (Lipinski definition) is 8. The molecule has 36 heavy (non-hydrogen) atoms. The summed E-state index contributed by atoms with van der Waals surface area (Å²) in [7, 11) is 0. The van der Waals surface area contributed by atoms with Crippen LogP contribution in [0.2, 0.25) is 0 Å². The number of halogens is 3. The summed E-state index contributed by atoms with van der Waals surface area (Å²) in [5, 5.41) is 3.03. The van der Waals surface area contributed by atoms with Crippen molar-refractivity contribution in [3.63, 3.8) is 0 Å². The van der Waals surface area contributed by atoms with E-state index in [4.69, 9.17) is 14.2 Å². The molecular weight excluding hydrogens is 475 g/mol. The van der Waals surface area contributed by atoms with Crippen molar-refractivity contribution in [2.24, 2.45) is 0 Å². The van der Waals surface area contributed by atoms with E-state index < -0.39 is 29.8 Å². The van der Waals surface area contributed by atoms with Crippen molar-refractivity contribution >= 4 is 5.82 Å². The van der Waals surface area contributed by atoms with Crippen LogP contribution in [-0.2, 0) is 26.9 Å². The van der Waals surface area contributed by atoms with Crippen LogP contribution in [0.4, 0.5) is 19.0 Å². The van der Waals surface area contributed by atoms with Gasteiger partial charge in [-0.1, -0.05) is 30.3 Å². The zero-order valence-electron chi connectivity index (χ0n) is 20.4. The maximum absolute atomic E-state index is 13.1. The van der Waals surface area contributed by atoms with E-state index in [9.17, 15) is 13.2 Å². The van der Waals surface area contributed by atoms with Crippen LogP contribution < -0.4 is 5.32 Å². The van der Waals surface area contributed by atoms with Gasteiger partial charge in [0.2, 0.25) is 0 Å². The normalized spacial score (nSPS) is 29.1. The third-order valence-corrected chi connectivity index (χ3v) is 6.83. The molecule has 4 heterocycles. The molecule has 0 radical (unpaired) electrons. The van der Waals surface area contributed by atoms with Gasteiger partial charge in [-0.15, -0.1) is 0 Å². The topological polar surface area (TPSA) is 72.0 Å². The van der Waals surface area contributed by atoms with Crippen molar-refractivity contribution in [2.45, 2.75) is 56.7 Å².